The van der Waals surface area contributed by atoms with Crippen LogP contribution in [-0.4, -0.2) is 91.0 Å². The van der Waals surface area contributed by atoms with Crippen LogP contribution in [0.1, 0.15) is 68.1 Å². The maximum absolute atomic E-state index is 13.3. The molecule has 0 aliphatic carbocycles. The van der Waals surface area contributed by atoms with E-state index in [0.717, 1.165) is 67.2 Å². The number of rotatable bonds is 13. The van der Waals surface area contributed by atoms with Crippen molar-refractivity contribution in [2.45, 2.75) is 26.7 Å². The molecule has 4 aromatic carbocycles. The summed E-state index contributed by atoms with van der Waals surface area (Å²) in [5, 5.41) is 13.0. The molecule has 248 valence electrons. The molecule has 0 aromatic heterocycles. The summed E-state index contributed by atoms with van der Waals surface area (Å²) in [6.07, 6.45) is 4.91. The van der Waals surface area contributed by atoms with Crippen LogP contribution in [0, 0.1) is 5.41 Å². The predicted octanol–water partition coefficient (Wildman–Crippen LogP) is 5.77. The number of carbonyl (C=O) groups is 4. The minimum Gasteiger partial charge on any atom is -0.308 e. The van der Waals surface area contributed by atoms with Crippen LogP contribution in [0.5, 0.6) is 0 Å². The van der Waals surface area contributed by atoms with Gasteiger partial charge in [0, 0.05) is 57.7 Å². The van der Waals surface area contributed by atoms with Crippen molar-refractivity contribution in [3.63, 3.8) is 0 Å². The van der Waals surface area contributed by atoms with Gasteiger partial charge in [-0.2, -0.15) is 0 Å². The second kappa shape index (κ2) is 15.1. The monoisotopic (exact) mass is 646 g/mol. The first-order chi connectivity index (χ1) is 23.2. The number of hydrogen-bond acceptors (Lipinski definition) is 7. The van der Waals surface area contributed by atoms with Gasteiger partial charge < -0.3 is 14.7 Å². The van der Waals surface area contributed by atoms with E-state index in [0.29, 0.717) is 40.7 Å². The lowest BCUT2D eigenvalue weighted by molar-refractivity contribution is 0.0596. The van der Waals surface area contributed by atoms with Gasteiger partial charge in [-0.05, 0) is 81.8 Å². The summed E-state index contributed by atoms with van der Waals surface area (Å²) < 4.78 is 0. The van der Waals surface area contributed by atoms with Crippen LogP contribution >= 0.6 is 0 Å². The third-order valence-corrected chi connectivity index (χ3v) is 8.91. The lowest BCUT2D eigenvalue weighted by atomic mass is 9.92. The number of benzene rings is 4. The molecule has 10 heteroatoms. The third-order valence-electron chi connectivity index (χ3n) is 8.91. The van der Waals surface area contributed by atoms with E-state index in [9.17, 15) is 19.2 Å². The molecule has 0 saturated heterocycles. The Hall–Kier alpha value is -5.19. The Morgan fingerprint density at radius 2 is 1.40 bits per heavy atom. The zero-order valence-corrected chi connectivity index (χ0v) is 27.8. The summed E-state index contributed by atoms with van der Waals surface area (Å²) in [6.45, 7) is 13.3. The molecule has 0 atom stereocenters. The largest absolute Gasteiger partial charge is 0.308 e. The second-order valence-electron chi connectivity index (χ2n) is 11.9. The Labute approximate surface area is 281 Å². The third kappa shape index (κ3) is 6.76. The number of amides is 4. The summed E-state index contributed by atoms with van der Waals surface area (Å²) in [7, 11) is 2.04. The standard InChI is InChI=1S/C26H35N5O2.C12H7NO2/c1-5-14-29(6-2)16-9-15-28(4)17-18-31-25(32)21-11-8-10-20-23(30(7-3)19-27)13-12-22(24(20)21)26(31)33;14-11-8-5-1-3-7-4-2-6-9(10(7)8)12(15)13-11/h7-8,10-13,19,27H,3,5-6,9,14-18H2,1-2,4H3;1-6H,(H,13,14,15). The van der Waals surface area contributed by atoms with E-state index < -0.39 is 0 Å². The Kier molecular flexibility index (Phi) is 10.8. The Balaban J connectivity index is 0.000000247. The summed E-state index contributed by atoms with van der Waals surface area (Å²) in [4.78, 5) is 57.2. The van der Waals surface area contributed by atoms with Gasteiger partial charge >= 0.3 is 0 Å². The average molecular weight is 647 g/mol. The quantitative estimate of drug-likeness (QED) is 0.108. The highest BCUT2D eigenvalue weighted by atomic mass is 16.2. The van der Waals surface area contributed by atoms with E-state index in [-0.39, 0.29) is 23.6 Å². The van der Waals surface area contributed by atoms with Gasteiger partial charge in [-0.1, -0.05) is 56.8 Å². The van der Waals surface area contributed by atoms with Crippen LogP contribution in [0.15, 0.2) is 79.5 Å². The number of likely N-dealkylation sites (N-methyl/N-ethyl adjacent to an activating group) is 1. The van der Waals surface area contributed by atoms with Crippen molar-refractivity contribution in [1.29, 1.82) is 5.41 Å². The van der Waals surface area contributed by atoms with Crippen molar-refractivity contribution in [2.24, 2.45) is 0 Å². The fraction of sp³-hybridized carbons (Fsp3) is 0.289. The van der Waals surface area contributed by atoms with Crippen LogP contribution in [0.25, 0.3) is 21.5 Å². The number of anilines is 1. The van der Waals surface area contributed by atoms with Gasteiger partial charge in [0.1, 0.15) is 0 Å². The number of hydrogen-bond donors (Lipinski definition) is 2. The highest BCUT2D eigenvalue weighted by Gasteiger charge is 2.33. The average Bonchev–Trinajstić information content (AvgIpc) is 3.10. The molecule has 0 saturated carbocycles. The first-order valence-electron chi connectivity index (χ1n) is 16.4. The van der Waals surface area contributed by atoms with Gasteiger partial charge in [0.25, 0.3) is 23.6 Å². The molecule has 6 rings (SSSR count). The summed E-state index contributed by atoms with van der Waals surface area (Å²) in [6, 6.07) is 19.9. The Morgan fingerprint density at radius 1 is 0.771 bits per heavy atom. The van der Waals surface area contributed by atoms with Gasteiger partial charge in [0.15, 0.2) is 0 Å². The minimum absolute atomic E-state index is 0.260. The van der Waals surface area contributed by atoms with Gasteiger partial charge in [-0.25, -0.2) is 0 Å². The highest BCUT2D eigenvalue weighted by Crippen LogP contribution is 2.36. The summed E-state index contributed by atoms with van der Waals surface area (Å²) >= 11 is 0. The van der Waals surface area contributed by atoms with Crippen LogP contribution in [0.3, 0.4) is 0 Å². The van der Waals surface area contributed by atoms with Gasteiger partial charge in [-0.15, -0.1) is 0 Å². The molecule has 0 fully saturated rings. The molecule has 2 aliphatic rings. The molecule has 4 amide bonds. The van der Waals surface area contributed by atoms with Crippen molar-refractivity contribution in [1.82, 2.24) is 20.0 Å². The Bertz CT molecular complexity index is 1820. The van der Waals surface area contributed by atoms with Gasteiger partial charge in [0.05, 0.1) is 12.0 Å². The highest BCUT2D eigenvalue weighted by molar-refractivity contribution is 6.27. The molecule has 0 radical (unpaired) electrons. The van der Waals surface area contributed by atoms with Crippen LogP contribution < -0.4 is 10.2 Å². The lowest BCUT2D eigenvalue weighted by Gasteiger charge is -2.30. The molecular formula is C38H42N6O4. The maximum Gasteiger partial charge on any atom is 0.261 e. The zero-order valence-electron chi connectivity index (χ0n) is 27.8. The first-order valence-corrected chi connectivity index (χ1v) is 16.4. The normalized spacial score (nSPS) is 13.6. The van der Waals surface area contributed by atoms with Crippen molar-refractivity contribution < 1.29 is 19.2 Å². The summed E-state index contributed by atoms with van der Waals surface area (Å²) in [5.74, 6) is -1.15. The van der Waals surface area contributed by atoms with E-state index in [1.807, 2.05) is 49.5 Å². The van der Waals surface area contributed by atoms with E-state index in [1.54, 1.807) is 29.2 Å². The smallest absolute Gasteiger partial charge is 0.261 e. The summed E-state index contributed by atoms with van der Waals surface area (Å²) in [5.41, 5.74) is 2.92. The molecule has 2 aliphatic heterocycles. The van der Waals surface area contributed by atoms with Crippen molar-refractivity contribution in [2.75, 3.05) is 51.2 Å². The molecule has 0 bridgehead atoms. The molecular weight excluding hydrogens is 604 g/mol. The molecule has 2 heterocycles. The number of imide groups is 2. The molecule has 48 heavy (non-hydrogen) atoms. The lowest BCUT2D eigenvalue weighted by Crippen LogP contribution is -2.44. The van der Waals surface area contributed by atoms with Crippen molar-refractivity contribution >= 4 is 57.2 Å². The van der Waals surface area contributed by atoms with Crippen LogP contribution in [0.2, 0.25) is 0 Å². The van der Waals surface area contributed by atoms with Crippen LogP contribution in [-0.2, 0) is 0 Å². The molecule has 0 spiro atoms. The number of nitrogens with zero attached hydrogens (tertiary/aromatic N) is 4. The van der Waals surface area contributed by atoms with Crippen molar-refractivity contribution in [3.8, 4) is 0 Å². The molecule has 0 unspecified atom stereocenters. The van der Waals surface area contributed by atoms with E-state index in [4.69, 9.17) is 5.41 Å². The fourth-order valence-electron chi connectivity index (χ4n) is 6.43. The Morgan fingerprint density at radius 3 is 2.00 bits per heavy atom. The van der Waals surface area contributed by atoms with E-state index in [2.05, 4.69) is 35.5 Å². The topological polar surface area (TPSA) is 117 Å². The molecule has 2 N–H and O–H groups in total. The second-order valence-corrected chi connectivity index (χ2v) is 11.9. The number of carbonyl (C=O) groups excluding carboxylic acids is 4. The molecule has 4 aromatic rings. The van der Waals surface area contributed by atoms with Gasteiger partial charge in [0.2, 0.25) is 0 Å². The maximum atomic E-state index is 13.3. The fourth-order valence-corrected chi connectivity index (χ4v) is 6.43. The molecule has 10 nitrogen and oxygen atoms in total. The van der Waals surface area contributed by atoms with Crippen molar-refractivity contribution in [3.05, 3.63) is 102 Å². The van der Waals surface area contributed by atoms with Gasteiger partial charge in [-0.3, -0.25) is 34.8 Å². The SMILES string of the molecule is C=CN(C=N)c1ccc2c3c(cccc13)C(=O)N(CCN(C)CCCN(CC)CCC)C2=O.O=C1NC(=O)c2cccc3cccc1c23. The zero-order chi connectivity index (χ0) is 34.4. The predicted molar refractivity (Wildman–Crippen MR) is 191 cm³/mol. The van der Waals surface area contributed by atoms with E-state index >= 15 is 0 Å². The number of nitrogens with one attached hydrogen (secondary N) is 2. The minimum atomic E-state index is -0.315. The van der Waals surface area contributed by atoms with E-state index in [1.165, 1.54) is 11.1 Å². The van der Waals surface area contributed by atoms with Crippen LogP contribution in [0.4, 0.5) is 5.69 Å². The first kappa shape index (κ1) is 34.2.